The molecule has 1 aliphatic heterocycles. The van der Waals surface area contributed by atoms with E-state index in [9.17, 15) is 4.79 Å². The standard InChI is InChI=1S/C14H19BrN2OS.ClH/c1-10(19-13-4-2-11(15)3-5-13)14(18)17-8-6-12(16)7-9-17;/h2-5,10,12H,6-9,16H2,1H3;1H. The predicted molar refractivity (Wildman–Crippen MR) is 90.5 cm³/mol. The Labute approximate surface area is 139 Å². The van der Waals surface area contributed by atoms with Crippen LogP contribution < -0.4 is 5.73 Å². The fraction of sp³-hybridized carbons (Fsp3) is 0.500. The molecule has 1 aromatic rings. The van der Waals surface area contributed by atoms with Gasteiger partial charge in [-0.1, -0.05) is 15.9 Å². The minimum Gasteiger partial charge on any atom is -0.342 e. The molecule has 1 aromatic carbocycles. The van der Waals surface area contributed by atoms with E-state index in [4.69, 9.17) is 5.73 Å². The van der Waals surface area contributed by atoms with Crippen LogP contribution in [0.4, 0.5) is 0 Å². The molecule has 112 valence electrons. The van der Waals surface area contributed by atoms with Crippen LogP contribution in [0.3, 0.4) is 0 Å². The summed E-state index contributed by atoms with van der Waals surface area (Å²) in [5.41, 5.74) is 5.86. The van der Waals surface area contributed by atoms with Crippen molar-refractivity contribution >= 4 is 46.0 Å². The normalized spacial score (nSPS) is 17.4. The summed E-state index contributed by atoms with van der Waals surface area (Å²) in [4.78, 5) is 15.4. The van der Waals surface area contributed by atoms with Crippen molar-refractivity contribution in [2.45, 2.75) is 36.0 Å². The highest BCUT2D eigenvalue weighted by atomic mass is 79.9. The zero-order valence-electron chi connectivity index (χ0n) is 11.4. The van der Waals surface area contributed by atoms with E-state index in [1.807, 2.05) is 36.1 Å². The summed E-state index contributed by atoms with van der Waals surface area (Å²) in [6, 6.07) is 8.33. The Morgan fingerprint density at radius 2 is 1.90 bits per heavy atom. The second kappa shape index (κ2) is 8.27. The van der Waals surface area contributed by atoms with E-state index < -0.39 is 0 Å². The van der Waals surface area contributed by atoms with Crippen molar-refractivity contribution in [1.29, 1.82) is 0 Å². The Morgan fingerprint density at radius 3 is 2.45 bits per heavy atom. The minimum absolute atomic E-state index is 0. The minimum atomic E-state index is -0.0458. The van der Waals surface area contributed by atoms with E-state index >= 15 is 0 Å². The Balaban J connectivity index is 0.00000200. The van der Waals surface area contributed by atoms with Gasteiger partial charge in [0, 0.05) is 28.5 Å². The van der Waals surface area contributed by atoms with Crippen molar-refractivity contribution in [2.24, 2.45) is 5.73 Å². The second-order valence-electron chi connectivity index (χ2n) is 4.88. The lowest BCUT2D eigenvalue weighted by Gasteiger charge is -2.31. The molecule has 1 amide bonds. The van der Waals surface area contributed by atoms with E-state index in [2.05, 4.69) is 15.9 Å². The molecule has 2 rings (SSSR count). The number of thioether (sulfide) groups is 1. The number of hydrogen-bond acceptors (Lipinski definition) is 3. The quantitative estimate of drug-likeness (QED) is 0.820. The highest BCUT2D eigenvalue weighted by molar-refractivity contribution is 9.10. The monoisotopic (exact) mass is 378 g/mol. The molecule has 2 N–H and O–H groups in total. The SMILES string of the molecule is CC(Sc1ccc(Br)cc1)C(=O)N1CCC(N)CC1.Cl. The number of carbonyl (C=O) groups is 1. The van der Waals surface area contributed by atoms with Crippen molar-refractivity contribution in [1.82, 2.24) is 4.90 Å². The third-order valence-corrected chi connectivity index (χ3v) is 4.95. The highest BCUT2D eigenvalue weighted by Gasteiger charge is 2.25. The van der Waals surface area contributed by atoms with Crippen LogP contribution >= 0.6 is 40.1 Å². The number of nitrogens with zero attached hydrogens (tertiary/aromatic N) is 1. The Kier molecular flexibility index (Phi) is 7.37. The Hall–Kier alpha value is -0.230. The summed E-state index contributed by atoms with van der Waals surface area (Å²) in [5, 5.41) is -0.0458. The molecule has 3 nitrogen and oxygen atoms in total. The van der Waals surface area contributed by atoms with Crippen LogP contribution in [0.5, 0.6) is 0 Å². The average molecular weight is 380 g/mol. The maximum absolute atomic E-state index is 12.3. The number of amides is 1. The molecule has 6 heteroatoms. The van der Waals surface area contributed by atoms with E-state index in [0.29, 0.717) is 0 Å². The number of carbonyl (C=O) groups excluding carboxylic acids is 1. The molecule has 0 radical (unpaired) electrons. The first kappa shape index (κ1) is 17.8. The summed E-state index contributed by atoms with van der Waals surface area (Å²) in [7, 11) is 0. The van der Waals surface area contributed by atoms with Gasteiger partial charge in [-0.15, -0.1) is 24.2 Å². The molecule has 1 saturated heterocycles. The van der Waals surface area contributed by atoms with Crippen LogP contribution in [-0.4, -0.2) is 35.2 Å². The van der Waals surface area contributed by atoms with Gasteiger partial charge >= 0.3 is 0 Å². The third-order valence-electron chi connectivity index (χ3n) is 3.33. The van der Waals surface area contributed by atoms with Gasteiger partial charge in [0.1, 0.15) is 0 Å². The van der Waals surface area contributed by atoms with E-state index in [0.717, 1.165) is 35.3 Å². The van der Waals surface area contributed by atoms with Crippen molar-refractivity contribution in [3.63, 3.8) is 0 Å². The summed E-state index contributed by atoms with van der Waals surface area (Å²) in [6.07, 6.45) is 1.84. The topological polar surface area (TPSA) is 46.3 Å². The van der Waals surface area contributed by atoms with Crippen LogP contribution in [-0.2, 0) is 4.79 Å². The maximum atomic E-state index is 12.3. The first-order chi connectivity index (χ1) is 9.06. The third kappa shape index (κ3) is 4.95. The largest absolute Gasteiger partial charge is 0.342 e. The molecule has 0 saturated carbocycles. The highest BCUT2D eigenvalue weighted by Crippen LogP contribution is 2.26. The lowest BCUT2D eigenvalue weighted by molar-refractivity contribution is -0.131. The van der Waals surface area contributed by atoms with Gasteiger partial charge in [-0.05, 0) is 44.0 Å². The first-order valence-corrected chi connectivity index (χ1v) is 8.20. The number of likely N-dealkylation sites (tertiary alicyclic amines) is 1. The average Bonchev–Trinajstić information content (AvgIpc) is 2.41. The van der Waals surface area contributed by atoms with Crippen LogP contribution in [0.2, 0.25) is 0 Å². The number of piperidine rings is 1. The fourth-order valence-corrected chi connectivity index (χ4v) is 3.36. The zero-order valence-corrected chi connectivity index (χ0v) is 14.6. The van der Waals surface area contributed by atoms with Gasteiger partial charge in [0.25, 0.3) is 0 Å². The molecule has 1 aliphatic rings. The van der Waals surface area contributed by atoms with Gasteiger partial charge in [-0.25, -0.2) is 0 Å². The molecule has 0 bridgehead atoms. The summed E-state index contributed by atoms with van der Waals surface area (Å²) < 4.78 is 1.06. The number of rotatable bonds is 3. The van der Waals surface area contributed by atoms with Gasteiger partial charge in [-0.3, -0.25) is 4.79 Å². The number of benzene rings is 1. The Morgan fingerprint density at radius 1 is 1.35 bits per heavy atom. The van der Waals surface area contributed by atoms with Crippen LogP contribution in [0, 0.1) is 0 Å². The van der Waals surface area contributed by atoms with Crippen molar-refractivity contribution < 1.29 is 4.79 Å². The van der Waals surface area contributed by atoms with E-state index in [1.54, 1.807) is 11.8 Å². The second-order valence-corrected chi connectivity index (χ2v) is 7.21. The molecule has 20 heavy (non-hydrogen) atoms. The molecular formula is C14H20BrClN2OS. The van der Waals surface area contributed by atoms with Crippen LogP contribution in [0.1, 0.15) is 19.8 Å². The molecule has 0 aromatic heterocycles. The molecular weight excluding hydrogens is 360 g/mol. The molecule has 1 fully saturated rings. The van der Waals surface area contributed by atoms with Gasteiger partial charge < -0.3 is 10.6 Å². The van der Waals surface area contributed by atoms with Gasteiger partial charge in [0.2, 0.25) is 5.91 Å². The Bertz CT molecular complexity index is 435. The maximum Gasteiger partial charge on any atom is 0.235 e. The molecule has 1 atom stereocenters. The summed E-state index contributed by atoms with van der Waals surface area (Å²) >= 11 is 5.02. The fourth-order valence-electron chi connectivity index (χ4n) is 2.14. The molecule has 0 aliphatic carbocycles. The van der Waals surface area contributed by atoms with E-state index in [-0.39, 0.29) is 29.6 Å². The lowest BCUT2D eigenvalue weighted by atomic mass is 10.1. The number of nitrogens with two attached hydrogens (primary N) is 1. The van der Waals surface area contributed by atoms with Crippen molar-refractivity contribution in [3.05, 3.63) is 28.7 Å². The van der Waals surface area contributed by atoms with Gasteiger partial charge in [0.05, 0.1) is 5.25 Å². The first-order valence-electron chi connectivity index (χ1n) is 6.53. The van der Waals surface area contributed by atoms with Crippen molar-refractivity contribution in [3.8, 4) is 0 Å². The van der Waals surface area contributed by atoms with Crippen molar-refractivity contribution in [2.75, 3.05) is 13.1 Å². The summed E-state index contributed by atoms with van der Waals surface area (Å²) in [6.45, 7) is 3.57. The molecule has 1 unspecified atom stereocenters. The molecule has 0 spiro atoms. The predicted octanol–water partition coefficient (Wildman–Crippen LogP) is 3.30. The summed E-state index contributed by atoms with van der Waals surface area (Å²) in [5.74, 6) is 0.222. The zero-order chi connectivity index (χ0) is 13.8. The number of hydrogen-bond donors (Lipinski definition) is 1. The lowest BCUT2D eigenvalue weighted by Crippen LogP contribution is -2.45. The van der Waals surface area contributed by atoms with Gasteiger partial charge in [-0.2, -0.15) is 0 Å². The van der Waals surface area contributed by atoms with Crippen LogP contribution in [0.25, 0.3) is 0 Å². The smallest absolute Gasteiger partial charge is 0.235 e. The van der Waals surface area contributed by atoms with Crippen LogP contribution in [0.15, 0.2) is 33.6 Å². The molecule has 1 heterocycles. The number of halogens is 2. The van der Waals surface area contributed by atoms with E-state index in [1.165, 1.54) is 0 Å². The van der Waals surface area contributed by atoms with Gasteiger partial charge in [0.15, 0.2) is 0 Å².